The quantitative estimate of drug-likeness (QED) is 0.931. The monoisotopic (exact) mass is 268 g/mol. The number of hydrogen-bond acceptors (Lipinski definition) is 2. The summed E-state index contributed by atoms with van der Waals surface area (Å²) in [6, 6.07) is 5.86. The van der Waals surface area contributed by atoms with Crippen LogP contribution in [0.25, 0.3) is 0 Å². The minimum absolute atomic E-state index is 0.00113. The van der Waals surface area contributed by atoms with Gasteiger partial charge in [-0.15, -0.1) is 0 Å². The average Bonchev–Trinajstić information content (AvgIpc) is 2.57. The van der Waals surface area contributed by atoms with E-state index in [2.05, 4.69) is 5.10 Å². The second kappa shape index (κ2) is 4.78. The molecule has 18 heavy (non-hydrogen) atoms. The van der Waals surface area contributed by atoms with Crippen molar-refractivity contribution in [2.75, 3.05) is 0 Å². The summed E-state index contributed by atoms with van der Waals surface area (Å²) in [4.78, 5) is 11.0. The highest BCUT2D eigenvalue weighted by molar-refractivity contribution is 6.32. The zero-order valence-corrected chi connectivity index (χ0v) is 10.3. The maximum atomic E-state index is 12.8. The molecule has 0 aliphatic rings. The van der Waals surface area contributed by atoms with E-state index in [0.717, 1.165) is 5.56 Å². The van der Waals surface area contributed by atoms with E-state index in [9.17, 15) is 9.18 Å². The second-order valence-corrected chi connectivity index (χ2v) is 4.20. The Morgan fingerprint density at radius 3 is 2.56 bits per heavy atom. The van der Waals surface area contributed by atoms with E-state index >= 15 is 0 Å². The number of carbonyl (C=O) groups is 1. The number of aromatic nitrogens is 2. The molecule has 4 nitrogen and oxygen atoms in total. The molecule has 6 heteroatoms. The van der Waals surface area contributed by atoms with Crippen molar-refractivity contribution in [2.45, 2.75) is 13.5 Å². The van der Waals surface area contributed by atoms with Crippen LogP contribution in [0.2, 0.25) is 5.15 Å². The van der Waals surface area contributed by atoms with Crippen molar-refractivity contribution in [3.63, 3.8) is 0 Å². The van der Waals surface area contributed by atoms with Crippen molar-refractivity contribution < 1.29 is 14.3 Å². The highest BCUT2D eigenvalue weighted by Crippen LogP contribution is 2.20. The zero-order chi connectivity index (χ0) is 13.3. The molecule has 0 spiro atoms. The average molecular weight is 269 g/mol. The van der Waals surface area contributed by atoms with Crippen molar-refractivity contribution in [3.05, 3.63) is 52.1 Å². The number of benzene rings is 1. The van der Waals surface area contributed by atoms with E-state index in [1.807, 2.05) is 0 Å². The van der Waals surface area contributed by atoms with Gasteiger partial charge in [0.05, 0.1) is 12.2 Å². The summed E-state index contributed by atoms with van der Waals surface area (Å²) in [6.07, 6.45) is 0. The zero-order valence-electron chi connectivity index (χ0n) is 9.52. The Hall–Kier alpha value is -1.88. The molecule has 0 saturated heterocycles. The summed E-state index contributed by atoms with van der Waals surface area (Å²) in [6.45, 7) is 1.88. The Kier molecular flexibility index (Phi) is 3.34. The van der Waals surface area contributed by atoms with Gasteiger partial charge in [0.15, 0.2) is 0 Å². The fourth-order valence-electron chi connectivity index (χ4n) is 1.66. The fraction of sp³-hybridized carbons (Fsp3) is 0.167. The molecule has 0 bridgehead atoms. The lowest BCUT2D eigenvalue weighted by Gasteiger charge is -2.03. The van der Waals surface area contributed by atoms with Gasteiger partial charge in [-0.2, -0.15) is 5.10 Å². The van der Waals surface area contributed by atoms with Crippen LogP contribution in [-0.2, 0) is 6.54 Å². The first-order chi connectivity index (χ1) is 8.49. The number of rotatable bonds is 3. The lowest BCUT2D eigenvalue weighted by Crippen LogP contribution is -2.03. The number of aromatic carboxylic acids is 1. The van der Waals surface area contributed by atoms with E-state index in [-0.39, 0.29) is 16.5 Å². The lowest BCUT2D eigenvalue weighted by molar-refractivity contribution is 0.0696. The van der Waals surface area contributed by atoms with Gasteiger partial charge in [0.2, 0.25) is 0 Å². The highest BCUT2D eigenvalue weighted by Gasteiger charge is 2.19. The molecule has 1 aromatic heterocycles. The number of aryl methyl sites for hydroxylation is 1. The largest absolute Gasteiger partial charge is 0.478 e. The normalized spacial score (nSPS) is 10.6. The molecule has 2 rings (SSSR count). The van der Waals surface area contributed by atoms with Crippen LogP contribution in [0.15, 0.2) is 24.3 Å². The van der Waals surface area contributed by atoms with Crippen LogP contribution < -0.4 is 0 Å². The molecular weight excluding hydrogens is 259 g/mol. The van der Waals surface area contributed by atoms with Crippen LogP contribution in [0.4, 0.5) is 4.39 Å². The number of carboxylic acids is 1. The summed E-state index contributed by atoms with van der Waals surface area (Å²) in [5.41, 5.74) is 1.14. The molecular formula is C12H10ClFN2O2. The first-order valence-electron chi connectivity index (χ1n) is 5.19. The van der Waals surface area contributed by atoms with Gasteiger partial charge >= 0.3 is 5.97 Å². The Balaban J connectivity index is 2.33. The summed E-state index contributed by atoms with van der Waals surface area (Å²) >= 11 is 5.95. The summed E-state index contributed by atoms with van der Waals surface area (Å²) in [7, 11) is 0. The van der Waals surface area contributed by atoms with E-state index in [1.165, 1.54) is 16.8 Å². The van der Waals surface area contributed by atoms with Crippen molar-refractivity contribution in [1.82, 2.24) is 9.78 Å². The highest BCUT2D eigenvalue weighted by atomic mass is 35.5. The van der Waals surface area contributed by atoms with E-state index < -0.39 is 5.97 Å². The standard InChI is InChI=1S/C12H10ClFN2O2/c1-7-10(12(17)18)11(13)16(15-7)6-8-2-4-9(14)5-3-8/h2-5H,6H2,1H3,(H,17,18). The molecule has 0 aliphatic heterocycles. The van der Waals surface area contributed by atoms with Crippen LogP contribution in [0.3, 0.4) is 0 Å². The number of carboxylic acid groups (broad SMARTS) is 1. The summed E-state index contributed by atoms with van der Waals surface area (Å²) in [5, 5.41) is 13.1. The lowest BCUT2D eigenvalue weighted by atomic mass is 10.2. The molecule has 0 aliphatic carbocycles. The van der Waals surface area contributed by atoms with E-state index in [0.29, 0.717) is 12.2 Å². The van der Waals surface area contributed by atoms with E-state index in [1.54, 1.807) is 19.1 Å². The number of nitrogens with zero attached hydrogens (tertiary/aromatic N) is 2. The smallest absolute Gasteiger partial charge is 0.340 e. The van der Waals surface area contributed by atoms with Gasteiger partial charge < -0.3 is 5.11 Å². The molecule has 94 valence electrons. The molecule has 0 unspecified atom stereocenters. The van der Waals surface area contributed by atoms with E-state index in [4.69, 9.17) is 16.7 Å². The molecule has 0 fully saturated rings. The third-order valence-corrected chi connectivity index (χ3v) is 2.91. The van der Waals surface area contributed by atoms with Crippen LogP contribution in [0, 0.1) is 12.7 Å². The summed E-state index contributed by atoms with van der Waals surface area (Å²) < 4.78 is 14.1. The Labute approximate surface area is 108 Å². The van der Waals surface area contributed by atoms with Crippen LogP contribution in [0.5, 0.6) is 0 Å². The maximum Gasteiger partial charge on any atom is 0.340 e. The van der Waals surface area contributed by atoms with Crippen molar-refractivity contribution in [3.8, 4) is 0 Å². The second-order valence-electron chi connectivity index (χ2n) is 3.84. The predicted octanol–water partition coefficient (Wildman–Crippen LogP) is 2.73. The molecule has 0 amide bonds. The molecule has 1 aromatic carbocycles. The molecule has 1 N–H and O–H groups in total. The minimum atomic E-state index is -1.11. The number of halogens is 2. The fourth-order valence-corrected chi connectivity index (χ4v) is 1.98. The molecule has 0 saturated carbocycles. The Bertz CT molecular complexity index is 593. The van der Waals surface area contributed by atoms with Crippen LogP contribution in [-0.4, -0.2) is 20.9 Å². The van der Waals surface area contributed by atoms with Gasteiger partial charge in [-0.25, -0.2) is 13.9 Å². The maximum absolute atomic E-state index is 12.8. The van der Waals surface area contributed by atoms with Crippen LogP contribution in [0.1, 0.15) is 21.6 Å². The van der Waals surface area contributed by atoms with Crippen molar-refractivity contribution >= 4 is 17.6 Å². The topological polar surface area (TPSA) is 55.1 Å². The third kappa shape index (κ3) is 2.36. The Morgan fingerprint density at radius 2 is 2.06 bits per heavy atom. The molecule has 2 aromatic rings. The molecule has 0 radical (unpaired) electrons. The predicted molar refractivity (Wildman–Crippen MR) is 64.4 cm³/mol. The SMILES string of the molecule is Cc1nn(Cc2ccc(F)cc2)c(Cl)c1C(=O)O. The van der Waals surface area contributed by atoms with Crippen molar-refractivity contribution in [2.24, 2.45) is 0 Å². The summed E-state index contributed by atoms with van der Waals surface area (Å²) in [5.74, 6) is -1.43. The Morgan fingerprint density at radius 1 is 1.44 bits per heavy atom. The van der Waals surface area contributed by atoms with Gasteiger partial charge in [-0.3, -0.25) is 0 Å². The van der Waals surface area contributed by atoms with Gasteiger partial charge in [0.25, 0.3) is 0 Å². The number of hydrogen-bond donors (Lipinski definition) is 1. The van der Waals surface area contributed by atoms with Gasteiger partial charge in [0.1, 0.15) is 16.5 Å². The molecule has 0 atom stereocenters. The van der Waals surface area contributed by atoms with Crippen molar-refractivity contribution in [1.29, 1.82) is 0 Å². The first kappa shape index (κ1) is 12.6. The van der Waals surface area contributed by atoms with Crippen LogP contribution >= 0.6 is 11.6 Å². The van der Waals surface area contributed by atoms with Gasteiger partial charge in [-0.1, -0.05) is 23.7 Å². The van der Waals surface area contributed by atoms with Gasteiger partial charge in [-0.05, 0) is 24.6 Å². The first-order valence-corrected chi connectivity index (χ1v) is 5.57. The molecule has 1 heterocycles. The van der Waals surface area contributed by atoms with Gasteiger partial charge in [0, 0.05) is 0 Å². The minimum Gasteiger partial charge on any atom is -0.478 e. The third-order valence-electron chi connectivity index (χ3n) is 2.52.